The van der Waals surface area contributed by atoms with Gasteiger partial charge in [0.25, 0.3) is 5.92 Å². The van der Waals surface area contributed by atoms with E-state index in [1.807, 2.05) is 6.07 Å². The molecule has 2 aliphatic heterocycles. The number of carbonyl (C=O) groups is 1. The number of carbonyl (C=O) groups excluding carboxylic acids is 1. The highest BCUT2D eigenvalue weighted by Crippen LogP contribution is 2.28. The number of alkyl halides is 2. The standard InChI is InChI=1S/C15H17F2N5O/c16-15(17)2-4-22(9-15)14(23)12-6-11(8-20-12)21-13-5-10(7-18)1-3-19-13/h1,3,5,11-12,20H,2,4,6,8-9H2,(H,19,21)/t11-,12-/m0/s1. The molecule has 2 N–H and O–H groups in total. The van der Waals surface area contributed by atoms with Crippen molar-refractivity contribution in [3.05, 3.63) is 23.9 Å². The highest BCUT2D eigenvalue weighted by atomic mass is 19.3. The summed E-state index contributed by atoms with van der Waals surface area (Å²) < 4.78 is 26.4. The molecule has 1 amide bonds. The quantitative estimate of drug-likeness (QED) is 0.867. The van der Waals surface area contributed by atoms with E-state index in [1.165, 1.54) is 11.1 Å². The van der Waals surface area contributed by atoms with Crippen molar-refractivity contribution in [3.63, 3.8) is 0 Å². The molecule has 0 aliphatic carbocycles. The van der Waals surface area contributed by atoms with E-state index in [0.29, 0.717) is 24.3 Å². The maximum atomic E-state index is 13.2. The lowest BCUT2D eigenvalue weighted by atomic mass is 10.1. The molecule has 3 heterocycles. The third-order valence-electron chi connectivity index (χ3n) is 4.15. The van der Waals surface area contributed by atoms with Crippen LogP contribution >= 0.6 is 0 Å². The van der Waals surface area contributed by atoms with E-state index in [1.54, 1.807) is 12.1 Å². The lowest BCUT2D eigenvalue weighted by Gasteiger charge is -2.20. The molecule has 0 bridgehead atoms. The van der Waals surface area contributed by atoms with Crippen molar-refractivity contribution >= 4 is 11.7 Å². The number of nitrogens with zero attached hydrogens (tertiary/aromatic N) is 3. The van der Waals surface area contributed by atoms with Crippen molar-refractivity contribution in [3.8, 4) is 6.07 Å². The minimum Gasteiger partial charge on any atom is -0.366 e. The molecule has 0 spiro atoms. The molecule has 23 heavy (non-hydrogen) atoms. The number of likely N-dealkylation sites (tertiary alicyclic amines) is 1. The van der Waals surface area contributed by atoms with E-state index in [9.17, 15) is 13.6 Å². The Kier molecular flexibility index (Phi) is 4.13. The number of hydrogen-bond donors (Lipinski definition) is 2. The molecule has 2 atom stereocenters. The average molecular weight is 321 g/mol. The van der Waals surface area contributed by atoms with E-state index in [0.717, 1.165) is 0 Å². The number of aromatic nitrogens is 1. The number of amides is 1. The van der Waals surface area contributed by atoms with Crippen molar-refractivity contribution in [2.45, 2.75) is 30.8 Å². The summed E-state index contributed by atoms with van der Waals surface area (Å²) in [6.07, 6.45) is 1.77. The predicted molar refractivity (Wildman–Crippen MR) is 78.9 cm³/mol. The molecular weight excluding hydrogens is 304 g/mol. The average Bonchev–Trinajstić information content (AvgIpc) is 3.13. The van der Waals surface area contributed by atoms with E-state index < -0.39 is 18.5 Å². The zero-order chi connectivity index (χ0) is 16.4. The van der Waals surface area contributed by atoms with Gasteiger partial charge in [0.15, 0.2) is 0 Å². The Morgan fingerprint density at radius 2 is 2.39 bits per heavy atom. The van der Waals surface area contributed by atoms with Gasteiger partial charge in [-0.2, -0.15) is 5.26 Å². The SMILES string of the molecule is N#Cc1ccnc(N[C@@H]2CN[C@H](C(=O)N3CCC(F)(F)C3)C2)c1. The first-order chi connectivity index (χ1) is 11.0. The Morgan fingerprint density at radius 1 is 1.57 bits per heavy atom. The third kappa shape index (κ3) is 3.56. The van der Waals surface area contributed by atoms with Gasteiger partial charge < -0.3 is 15.5 Å². The summed E-state index contributed by atoms with van der Waals surface area (Å²) in [6.45, 7) is 0.154. The first-order valence-corrected chi connectivity index (χ1v) is 7.49. The Hall–Kier alpha value is -2.27. The second kappa shape index (κ2) is 6.08. The minimum atomic E-state index is -2.77. The summed E-state index contributed by atoms with van der Waals surface area (Å²) in [7, 11) is 0. The summed E-state index contributed by atoms with van der Waals surface area (Å²) in [5.74, 6) is -2.48. The first kappa shape index (κ1) is 15.6. The summed E-state index contributed by atoms with van der Waals surface area (Å²) in [5.41, 5.74) is 0.500. The molecule has 1 aromatic heterocycles. The maximum Gasteiger partial charge on any atom is 0.267 e. The van der Waals surface area contributed by atoms with Crippen LogP contribution < -0.4 is 10.6 Å². The van der Waals surface area contributed by atoms with Gasteiger partial charge in [-0.05, 0) is 18.6 Å². The Morgan fingerprint density at radius 3 is 3.09 bits per heavy atom. The lowest BCUT2D eigenvalue weighted by molar-refractivity contribution is -0.133. The molecule has 122 valence electrons. The smallest absolute Gasteiger partial charge is 0.267 e. The fourth-order valence-electron chi connectivity index (χ4n) is 2.97. The van der Waals surface area contributed by atoms with Gasteiger partial charge in [-0.3, -0.25) is 4.79 Å². The van der Waals surface area contributed by atoms with Crippen LogP contribution in [0.25, 0.3) is 0 Å². The number of rotatable bonds is 3. The Bertz CT molecular complexity index is 645. The predicted octanol–water partition coefficient (Wildman–Crippen LogP) is 0.963. The van der Waals surface area contributed by atoms with E-state index in [-0.39, 0.29) is 24.9 Å². The summed E-state index contributed by atoms with van der Waals surface area (Å²) in [5, 5.41) is 15.1. The maximum absolute atomic E-state index is 13.2. The monoisotopic (exact) mass is 321 g/mol. The lowest BCUT2D eigenvalue weighted by Crippen LogP contribution is -2.43. The van der Waals surface area contributed by atoms with Crippen LogP contribution in [0.1, 0.15) is 18.4 Å². The topological polar surface area (TPSA) is 81.0 Å². The molecule has 0 saturated carbocycles. The van der Waals surface area contributed by atoms with Gasteiger partial charge in [0.05, 0.1) is 24.2 Å². The fourth-order valence-corrected chi connectivity index (χ4v) is 2.97. The Balaban J connectivity index is 1.56. The number of anilines is 1. The summed E-state index contributed by atoms with van der Waals surface area (Å²) >= 11 is 0. The number of halogens is 2. The zero-order valence-corrected chi connectivity index (χ0v) is 12.4. The van der Waals surface area contributed by atoms with Crippen molar-refractivity contribution in [2.24, 2.45) is 0 Å². The molecule has 2 fully saturated rings. The molecule has 0 radical (unpaired) electrons. The van der Waals surface area contributed by atoms with Crippen LogP contribution in [0, 0.1) is 11.3 Å². The molecule has 6 nitrogen and oxygen atoms in total. The summed E-state index contributed by atoms with van der Waals surface area (Å²) in [4.78, 5) is 17.6. The highest BCUT2D eigenvalue weighted by Gasteiger charge is 2.43. The van der Waals surface area contributed by atoms with E-state index >= 15 is 0 Å². The van der Waals surface area contributed by atoms with Crippen LogP contribution in [0.2, 0.25) is 0 Å². The van der Waals surface area contributed by atoms with Crippen LogP contribution in [-0.2, 0) is 4.79 Å². The normalized spacial score (nSPS) is 26.0. The van der Waals surface area contributed by atoms with Gasteiger partial charge in [-0.1, -0.05) is 0 Å². The van der Waals surface area contributed by atoms with E-state index in [2.05, 4.69) is 15.6 Å². The van der Waals surface area contributed by atoms with Crippen LogP contribution in [0.15, 0.2) is 18.3 Å². The molecule has 3 rings (SSSR count). The number of nitrogens with one attached hydrogen (secondary N) is 2. The van der Waals surface area contributed by atoms with Crippen LogP contribution in [0.5, 0.6) is 0 Å². The van der Waals surface area contributed by atoms with Crippen molar-refractivity contribution < 1.29 is 13.6 Å². The van der Waals surface area contributed by atoms with Crippen LogP contribution in [0.3, 0.4) is 0 Å². The van der Waals surface area contributed by atoms with Crippen LogP contribution in [-0.4, -0.2) is 53.4 Å². The number of hydrogen-bond acceptors (Lipinski definition) is 5. The number of nitriles is 1. The molecule has 0 unspecified atom stereocenters. The van der Waals surface area contributed by atoms with Gasteiger partial charge in [0.1, 0.15) is 5.82 Å². The van der Waals surface area contributed by atoms with Crippen molar-refractivity contribution in [1.82, 2.24) is 15.2 Å². The van der Waals surface area contributed by atoms with Gasteiger partial charge in [-0.25, -0.2) is 13.8 Å². The van der Waals surface area contributed by atoms with Gasteiger partial charge >= 0.3 is 0 Å². The first-order valence-electron chi connectivity index (χ1n) is 7.49. The van der Waals surface area contributed by atoms with Gasteiger partial charge in [0, 0.05) is 31.7 Å². The molecule has 1 aromatic rings. The van der Waals surface area contributed by atoms with Crippen LogP contribution in [0.4, 0.5) is 14.6 Å². The van der Waals surface area contributed by atoms with Gasteiger partial charge in [0.2, 0.25) is 5.91 Å². The fraction of sp³-hybridized carbons (Fsp3) is 0.533. The molecule has 2 saturated heterocycles. The van der Waals surface area contributed by atoms with E-state index in [4.69, 9.17) is 5.26 Å². The third-order valence-corrected chi connectivity index (χ3v) is 4.15. The molecule has 8 heteroatoms. The van der Waals surface area contributed by atoms with Crippen molar-refractivity contribution in [2.75, 3.05) is 25.0 Å². The van der Waals surface area contributed by atoms with Crippen molar-refractivity contribution in [1.29, 1.82) is 5.26 Å². The summed E-state index contributed by atoms with van der Waals surface area (Å²) in [6, 6.07) is 4.79. The highest BCUT2D eigenvalue weighted by molar-refractivity contribution is 5.82. The largest absolute Gasteiger partial charge is 0.366 e. The second-order valence-corrected chi connectivity index (χ2v) is 5.95. The molecule has 0 aromatic carbocycles. The Labute approximate surface area is 132 Å². The molecule has 2 aliphatic rings. The zero-order valence-electron chi connectivity index (χ0n) is 12.4. The van der Waals surface area contributed by atoms with Gasteiger partial charge in [-0.15, -0.1) is 0 Å². The minimum absolute atomic E-state index is 0.0338. The number of pyridine rings is 1. The molecular formula is C15H17F2N5O. The second-order valence-electron chi connectivity index (χ2n) is 5.95.